The molecule has 0 aliphatic rings. The highest BCUT2D eigenvalue weighted by Crippen LogP contribution is 2.47. The second kappa shape index (κ2) is 13.2. The number of hydrogen-bond donors (Lipinski definition) is 3. The summed E-state index contributed by atoms with van der Waals surface area (Å²) in [6, 6.07) is 7.88. The summed E-state index contributed by atoms with van der Waals surface area (Å²) in [5.41, 5.74) is -1.48. The van der Waals surface area contributed by atoms with Gasteiger partial charge in [0.15, 0.2) is 6.23 Å². The zero-order chi connectivity index (χ0) is 26.0. The van der Waals surface area contributed by atoms with Crippen molar-refractivity contribution in [3.63, 3.8) is 0 Å². The molecule has 0 saturated heterocycles. The number of halogens is 1. The van der Waals surface area contributed by atoms with E-state index in [1.807, 2.05) is 11.1 Å². The Morgan fingerprint density at radius 2 is 2.06 bits per heavy atom. The Labute approximate surface area is 204 Å². The molecule has 0 saturated carbocycles. The summed E-state index contributed by atoms with van der Waals surface area (Å²) in [5, 5.41) is 21.4. The van der Waals surface area contributed by atoms with Crippen LogP contribution in [0.2, 0.25) is 5.02 Å². The number of para-hydroxylation sites is 1. The highest BCUT2D eigenvalue weighted by atomic mass is 35.5. The molecule has 0 bridgehead atoms. The molecular weight excluding hydrogens is 507 g/mol. The van der Waals surface area contributed by atoms with Crippen LogP contribution in [0.25, 0.3) is 0 Å². The zero-order valence-electron chi connectivity index (χ0n) is 18.8. The summed E-state index contributed by atoms with van der Waals surface area (Å²) >= 11 is 6.07. The van der Waals surface area contributed by atoms with Gasteiger partial charge in [0.25, 0.3) is 5.56 Å². The Hall–Kier alpha value is -2.98. The van der Waals surface area contributed by atoms with Crippen molar-refractivity contribution in [3.05, 3.63) is 62.4 Å². The lowest BCUT2D eigenvalue weighted by Crippen LogP contribution is -2.37. The fourth-order valence-corrected chi connectivity index (χ4v) is 4.46. The van der Waals surface area contributed by atoms with Gasteiger partial charge in [-0.3, -0.25) is 23.7 Å². The predicted molar refractivity (Wildman–Crippen MR) is 123 cm³/mol. The van der Waals surface area contributed by atoms with Crippen LogP contribution >= 0.6 is 19.3 Å². The first-order chi connectivity index (χ1) is 16.6. The number of rotatable bonds is 13. The maximum atomic E-state index is 13.5. The molecule has 190 valence electrons. The van der Waals surface area contributed by atoms with E-state index in [1.165, 1.54) is 19.1 Å². The second-order valence-corrected chi connectivity index (χ2v) is 9.06. The topological polar surface area (TPSA) is 182 Å². The third-order valence-corrected chi connectivity index (χ3v) is 6.31. The van der Waals surface area contributed by atoms with Gasteiger partial charge in [-0.25, -0.2) is 9.36 Å². The van der Waals surface area contributed by atoms with E-state index in [-0.39, 0.29) is 17.2 Å². The van der Waals surface area contributed by atoms with E-state index in [9.17, 15) is 24.1 Å². The van der Waals surface area contributed by atoms with Crippen molar-refractivity contribution in [3.8, 4) is 11.8 Å². The Bertz CT molecular complexity index is 1210. The van der Waals surface area contributed by atoms with Crippen LogP contribution in [0.15, 0.2) is 46.1 Å². The highest BCUT2D eigenvalue weighted by molar-refractivity contribution is 7.52. The molecule has 1 aromatic heterocycles. The number of aromatic nitrogens is 2. The number of methoxy groups -OCH3 is 1. The fraction of sp³-hybridized carbons (Fsp3) is 0.400. The van der Waals surface area contributed by atoms with Crippen molar-refractivity contribution in [1.29, 1.82) is 5.26 Å². The lowest BCUT2D eigenvalue weighted by atomic mass is 10.3. The van der Waals surface area contributed by atoms with Crippen molar-refractivity contribution < 1.29 is 33.0 Å². The molecule has 15 heteroatoms. The first kappa shape index (κ1) is 28.3. The Kier molecular flexibility index (Phi) is 10.7. The molecule has 13 nitrogen and oxygen atoms in total. The molecule has 0 amide bonds. The average molecular weight is 531 g/mol. The lowest BCUT2D eigenvalue weighted by molar-refractivity contribution is -0.142. The van der Waals surface area contributed by atoms with Gasteiger partial charge in [-0.2, -0.15) is 10.3 Å². The number of carbonyl (C=O) groups is 1. The fourth-order valence-electron chi connectivity index (χ4n) is 2.69. The molecule has 0 aliphatic carbocycles. The Morgan fingerprint density at radius 3 is 2.66 bits per heavy atom. The maximum Gasteiger partial charge on any atom is 0.459 e. The smallest absolute Gasteiger partial charge is 0.459 e. The van der Waals surface area contributed by atoms with Crippen molar-refractivity contribution in [2.75, 3.05) is 20.3 Å². The van der Waals surface area contributed by atoms with E-state index in [1.54, 1.807) is 12.1 Å². The SMILES string of the molecule is COC(=O)C(C)NP(=O)(OCC(CO)OC(CC#N)n1ccc(=O)[nH]c1=O)Oc1ccccc1Cl. The molecule has 0 aliphatic heterocycles. The maximum absolute atomic E-state index is 13.5. The largest absolute Gasteiger partial charge is 0.468 e. The van der Waals surface area contributed by atoms with Gasteiger partial charge < -0.3 is 19.1 Å². The number of hydrogen-bond acceptors (Lipinski definition) is 10. The van der Waals surface area contributed by atoms with Crippen molar-refractivity contribution in [1.82, 2.24) is 14.6 Å². The number of nitrogens with zero attached hydrogens (tertiary/aromatic N) is 2. The summed E-state index contributed by atoms with van der Waals surface area (Å²) in [6.07, 6.45) is -1.61. The number of ether oxygens (including phenoxy) is 2. The number of H-pyrrole nitrogens is 1. The van der Waals surface area contributed by atoms with Crippen molar-refractivity contribution in [2.45, 2.75) is 31.7 Å². The van der Waals surface area contributed by atoms with Gasteiger partial charge >= 0.3 is 19.4 Å². The average Bonchev–Trinajstić information content (AvgIpc) is 2.82. The number of aliphatic hydroxyl groups excluding tert-OH is 1. The molecule has 1 heterocycles. The van der Waals surface area contributed by atoms with E-state index < -0.39 is 56.6 Å². The normalized spacial score (nSPS) is 15.3. The van der Waals surface area contributed by atoms with E-state index >= 15 is 0 Å². The third-order valence-electron chi connectivity index (χ3n) is 4.37. The minimum atomic E-state index is -4.31. The first-order valence-corrected chi connectivity index (χ1v) is 12.0. The van der Waals surface area contributed by atoms with Gasteiger partial charge in [0.2, 0.25) is 0 Å². The standard InChI is InChI=1S/C20H24ClN4O9P/c1-13(19(28)31-2)24-35(30,34-16-6-4-3-5-15(16)21)32-12-14(11-26)33-18(7-9-22)25-10-8-17(27)23-20(25)29/h3-6,8,10,13-14,18,26H,7,11-12H2,1-2H3,(H,24,30)(H,23,27,29). The molecule has 1 aromatic carbocycles. The number of nitrogens with one attached hydrogen (secondary N) is 2. The molecule has 3 N–H and O–H groups in total. The number of aliphatic hydroxyl groups is 1. The number of aromatic amines is 1. The van der Waals surface area contributed by atoms with E-state index in [4.69, 9.17) is 30.6 Å². The van der Waals surface area contributed by atoms with Crippen LogP contribution in [0, 0.1) is 11.3 Å². The summed E-state index contributed by atoms with van der Waals surface area (Å²) in [7, 11) is -3.17. The monoisotopic (exact) mass is 530 g/mol. The Morgan fingerprint density at radius 1 is 1.34 bits per heavy atom. The number of nitriles is 1. The van der Waals surface area contributed by atoms with E-state index in [2.05, 4.69) is 9.82 Å². The Balaban J connectivity index is 2.24. The summed E-state index contributed by atoms with van der Waals surface area (Å²) < 4.78 is 35.5. The van der Waals surface area contributed by atoms with Crippen LogP contribution in [-0.4, -0.2) is 53.1 Å². The molecule has 0 fully saturated rings. The minimum absolute atomic E-state index is 0.00863. The summed E-state index contributed by atoms with van der Waals surface area (Å²) in [5.74, 6) is -0.760. The molecular formula is C20H24ClN4O9P. The van der Waals surface area contributed by atoms with E-state index in [0.717, 1.165) is 23.9 Å². The first-order valence-electron chi connectivity index (χ1n) is 10.1. The summed E-state index contributed by atoms with van der Waals surface area (Å²) in [4.78, 5) is 37.3. The summed E-state index contributed by atoms with van der Waals surface area (Å²) in [6.45, 7) is 0.140. The number of esters is 1. The van der Waals surface area contributed by atoms with Gasteiger partial charge in [0.1, 0.15) is 17.9 Å². The van der Waals surface area contributed by atoms with Crippen LogP contribution in [0.4, 0.5) is 0 Å². The predicted octanol–water partition coefficient (Wildman–Crippen LogP) is 1.33. The van der Waals surface area contributed by atoms with Gasteiger partial charge in [0, 0.05) is 12.3 Å². The van der Waals surface area contributed by atoms with Gasteiger partial charge in [-0.1, -0.05) is 23.7 Å². The van der Waals surface area contributed by atoms with Crippen molar-refractivity contribution in [2.24, 2.45) is 0 Å². The second-order valence-electron chi connectivity index (χ2n) is 6.96. The molecule has 4 atom stereocenters. The van der Waals surface area contributed by atoms with Gasteiger partial charge in [-0.05, 0) is 19.1 Å². The zero-order valence-corrected chi connectivity index (χ0v) is 20.4. The molecule has 4 unspecified atom stereocenters. The lowest BCUT2D eigenvalue weighted by Gasteiger charge is -2.26. The third kappa shape index (κ3) is 8.32. The van der Waals surface area contributed by atoms with Crippen LogP contribution in [0.3, 0.4) is 0 Å². The molecule has 35 heavy (non-hydrogen) atoms. The number of benzene rings is 1. The van der Waals surface area contributed by atoms with Crippen LogP contribution in [0.1, 0.15) is 19.6 Å². The van der Waals surface area contributed by atoms with Gasteiger partial charge in [-0.15, -0.1) is 0 Å². The molecule has 2 aromatic rings. The number of carbonyl (C=O) groups excluding carboxylic acids is 1. The molecule has 2 rings (SSSR count). The quantitative estimate of drug-likeness (QED) is 0.251. The highest BCUT2D eigenvalue weighted by Gasteiger charge is 2.34. The minimum Gasteiger partial charge on any atom is -0.468 e. The van der Waals surface area contributed by atoms with Crippen LogP contribution in [0.5, 0.6) is 5.75 Å². The molecule has 0 spiro atoms. The van der Waals surface area contributed by atoms with Crippen LogP contribution in [-0.2, 0) is 23.4 Å². The van der Waals surface area contributed by atoms with E-state index in [0.29, 0.717) is 0 Å². The van der Waals surface area contributed by atoms with Crippen LogP contribution < -0.4 is 20.9 Å². The molecule has 0 radical (unpaired) electrons. The van der Waals surface area contributed by atoms with Gasteiger partial charge in [0.05, 0.1) is 37.8 Å². The van der Waals surface area contributed by atoms with Crippen molar-refractivity contribution >= 4 is 25.3 Å².